The van der Waals surface area contributed by atoms with Crippen LogP contribution in [0.1, 0.15) is 6.42 Å². The molecule has 0 aromatic heterocycles. The van der Waals surface area contributed by atoms with E-state index in [1.165, 1.54) is 11.8 Å². The first-order chi connectivity index (χ1) is 14.0. The highest BCUT2D eigenvalue weighted by atomic mass is 32.2. The number of rotatable bonds is 4. The summed E-state index contributed by atoms with van der Waals surface area (Å²) in [6.07, 6.45) is -1.80. The van der Waals surface area contributed by atoms with Gasteiger partial charge in [-0.3, -0.25) is 9.79 Å². The van der Waals surface area contributed by atoms with Crippen LogP contribution in [0.5, 0.6) is 5.75 Å². The van der Waals surface area contributed by atoms with Crippen molar-refractivity contribution in [3.05, 3.63) is 54.6 Å². The zero-order chi connectivity index (χ0) is 20.4. The number of fused-ring (bicyclic) bond motifs is 1. The van der Waals surface area contributed by atoms with E-state index >= 15 is 0 Å². The molecule has 29 heavy (non-hydrogen) atoms. The van der Waals surface area contributed by atoms with Crippen LogP contribution in [0, 0.1) is 5.92 Å². The molecule has 1 fully saturated rings. The van der Waals surface area contributed by atoms with Gasteiger partial charge in [0.15, 0.2) is 5.17 Å². The number of aliphatic hydroxyl groups excluding tert-OH is 2. The summed E-state index contributed by atoms with van der Waals surface area (Å²) in [7, 11) is 1.61. The number of benzene rings is 2. The van der Waals surface area contributed by atoms with Gasteiger partial charge in [-0.05, 0) is 42.8 Å². The van der Waals surface area contributed by atoms with Crippen molar-refractivity contribution in [2.45, 2.75) is 29.9 Å². The molecule has 5 atom stereocenters. The molecule has 1 saturated carbocycles. The second-order valence-corrected chi connectivity index (χ2v) is 8.28. The Bertz CT molecular complexity index is 891. The maximum atomic E-state index is 12.9. The number of anilines is 2. The summed E-state index contributed by atoms with van der Waals surface area (Å²) in [5.74, 6) is 0.106. The Morgan fingerprint density at radius 1 is 1.10 bits per heavy atom. The van der Waals surface area contributed by atoms with Crippen molar-refractivity contribution in [3.8, 4) is 5.75 Å². The zero-order valence-electron chi connectivity index (χ0n) is 15.9. The average molecular weight is 413 g/mol. The van der Waals surface area contributed by atoms with Crippen molar-refractivity contribution in [1.82, 2.24) is 0 Å². The van der Waals surface area contributed by atoms with Gasteiger partial charge in [-0.15, -0.1) is 0 Å². The van der Waals surface area contributed by atoms with Gasteiger partial charge in [0.1, 0.15) is 11.9 Å². The first-order valence-corrected chi connectivity index (χ1v) is 10.3. The minimum atomic E-state index is -0.997. The summed E-state index contributed by atoms with van der Waals surface area (Å²) < 4.78 is 5.16. The lowest BCUT2D eigenvalue weighted by Crippen LogP contribution is -2.52. The van der Waals surface area contributed by atoms with Crippen LogP contribution in [-0.2, 0) is 4.79 Å². The van der Waals surface area contributed by atoms with E-state index in [0.29, 0.717) is 10.9 Å². The van der Waals surface area contributed by atoms with Gasteiger partial charge in [0, 0.05) is 16.6 Å². The fourth-order valence-corrected chi connectivity index (χ4v) is 5.04. The van der Waals surface area contributed by atoms with Crippen LogP contribution in [0.3, 0.4) is 0 Å². The van der Waals surface area contributed by atoms with Crippen LogP contribution in [0.25, 0.3) is 0 Å². The number of aliphatic hydroxyl groups is 2. The molecule has 4 N–H and O–H groups in total. The molecule has 0 bridgehead atoms. The Kier molecular flexibility index (Phi) is 5.75. The number of amides is 1. The highest BCUT2D eigenvalue weighted by molar-refractivity contribution is 8.15. The van der Waals surface area contributed by atoms with Crippen LogP contribution in [0.15, 0.2) is 59.6 Å². The van der Waals surface area contributed by atoms with Crippen molar-refractivity contribution < 1.29 is 19.7 Å². The minimum Gasteiger partial charge on any atom is -0.497 e. The van der Waals surface area contributed by atoms with Crippen molar-refractivity contribution in [3.63, 3.8) is 0 Å². The first kappa shape index (κ1) is 19.8. The lowest BCUT2D eigenvalue weighted by atomic mass is 9.81. The van der Waals surface area contributed by atoms with E-state index in [-0.39, 0.29) is 17.6 Å². The van der Waals surface area contributed by atoms with E-state index in [2.05, 4.69) is 15.6 Å². The molecule has 1 aliphatic heterocycles. The fourth-order valence-electron chi connectivity index (χ4n) is 3.66. The van der Waals surface area contributed by atoms with Crippen LogP contribution in [-0.4, -0.2) is 51.9 Å². The van der Waals surface area contributed by atoms with Gasteiger partial charge >= 0.3 is 0 Å². The molecule has 1 heterocycles. The number of nitrogens with one attached hydrogen (secondary N) is 2. The topological polar surface area (TPSA) is 103 Å². The first-order valence-electron chi connectivity index (χ1n) is 9.43. The monoisotopic (exact) mass is 413 g/mol. The van der Waals surface area contributed by atoms with Crippen LogP contribution in [0.2, 0.25) is 0 Å². The number of carbonyl (C=O) groups is 1. The number of thioether (sulfide) groups is 1. The number of para-hydroxylation sites is 1. The van der Waals surface area contributed by atoms with Gasteiger partial charge in [0.05, 0.1) is 25.2 Å². The highest BCUT2D eigenvalue weighted by Gasteiger charge is 2.50. The lowest BCUT2D eigenvalue weighted by molar-refractivity contribution is -0.124. The van der Waals surface area contributed by atoms with E-state index in [1.54, 1.807) is 7.11 Å². The molecule has 0 spiro atoms. The summed E-state index contributed by atoms with van der Waals surface area (Å²) in [5, 5.41) is 27.2. The van der Waals surface area contributed by atoms with E-state index in [9.17, 15) is 15.0 Å². The number of ether oxygens (including phenoxy) is 1. The standard InChI is InChI=1S/C21H23N3O4S/c1-28-14-9-7-13(8-10-14)23-21-24-17-18(26)16(25)11-15(19(17)29-21)20(27)22-12-5-3-2-4-6-12/h2-10,15-19,25-26H,11H2,1H3,(H,22,27)(H,23,24)/t15-,16+,17+,18-,19+/m0/s1. The van der Waals surface area contributed by atoms with E-state index in [4.69, 9.17) is 4.74 Å². The second-order valence-electron chi connectivity index (χ2n) is 7.12. The summed E-state index contributed by atoms with van der Waals surface area (Å²) in [6, 6.07) is 16.1. The smallest absolute Gasteiger partial charge is 0.228 e. The van der Waals surface area contributed by atoms with E-state index in [0.717, 1.165) is 11.4 Å². The number of hydrogen-bond acceptors (Lipinski definition) is 7. The second kappa shape index (κ2) is 8.44. The summed E-state index contributed by atoms with van der Waals surface area (Å²) in [6.45, 7) is 0. The third-order valence-electron chi connectivity index (χ3n) is 5.21. The maximum absolute atomic E-state index is 12.9. The van der Waals surface area contributed by atoms with Crippen LogP contribution < -0.4 is 15.4 Å². The quantitative estimate of drug-likeness (QED) is 0.614. The average Bonchev–Trinajstić information content (AvgIpc) is 3.16. The van der Waals surface area contributed by atoms with Crippen molar-refractivity contribution in [2.24, 2.45) is 10.9 Å². The minimum absolute atomic E-state index is 0.175. The Labute approximate surface area is 173 Å². The van der Waals surface area contributed by atoms with Crippen LogP contribution >= 0.6 is 11.8 Å². The molecule has 2 aromatic carbocycles. The molecule has 1 amide bonds. The van der Waals surface area contributed by atoms with Gasteiger partial charge in [0.25, 0.3) is 0 Å². The fraction of sp³-hybridized carbons (Fsp3) is 0.333. The van der Waals surface area contributed by atoms with Crippen LogP contribution in [0.4, 0.5) is 11.4 Å². The Morgan fingerprint density at radius 3 is 2.52 bits per heavy atom. The predicted octanol–water partition coefficient (Wildman–Crippen LogP) is 2.33. The maximum Gasteiger partial charge on any atom is 0.228 e. The van der Waals surface area contributed by atoms with Gasteiger partial charge in [-0.1, -0.05) is 30.0 Å². The highest BCUT2D eigenvalue weighted by Crippen LogP contribution is 2.41. The molecule has 8 heteroatoms. The zero-order valence-corrected chi connectivity index (χ0v) is 16.7. The van der Waals surface area contributed by atoms with E-state index in [1.807, 2.05) is 54.6 Å². The number of nitrogens with zero attached hydrogens (tertiary/aromatic N) is 1. The molecule has 2 aliphatic rings. The van der Waals surface area contributed by atoms with Gasteiger partial charge < -0.3 is 25.6 Å². The molecule has 7 nitrogen and oxygen atoms in total. The van der Waals surface area contributed by atoms with Crippen molar-refractivity contribution in [1.29, 1.82) is 0 Å². The number of methoxy groups -OCH3 is 1. The predicted molar refractivity (Wildman–Crippen MR) is 114 cm³/mol. The van der Waals surface area contributed by atoms with Crippen molar-refractivity contribution in [2.75, 3.05) is 17.7 Å². The third kappa shape index (κ3) is 4.24. The van der Waals surface area contributed by atoms with Crippen molar-refractivity contribution >= 4 is 34.2 Å². The largest absolute Gasteiger partial charge is 0.497 e. The molecule has 2 aromatic rings. The molecule has 0 unspecified atom stereocenters. The molecule has 0 radical (unpaired) electrons. The molecule has 0 saturated heterocycles. The van der Waals surface area contributed by atoms with Gasteiger partial charge in [0.2, 0.25) is 5.91 Å². The number of carbonyl (C=O) groups excluding carboxylic acids is 1. The summed E-state index contributed by atoms with van der Waals surface area (Å²) in [4.78, 5) is 17.5. The Hall–Kier alpha value is -2.55. The van der Waals surface area contributed by atoms with Gasteiger partial charge in [-0.25, -0.2) is 0 Å². The Morgan fingerprint density at radius 2 is 1.83 bits per heavy atom. The SMILES string of the molecule is COc1ccc(NC2=N[C@@H]3[C@@H](O)[C@H](O)C[C@H](C(=O)Nc4ccccc4)[C@H]3S2)cc1. The van der Waals surface area contributed by atoms with E-state index < -0.39 is 24.2 Å². The third-order valence-corrected chi connectivity index (χ3v) is 6.52. The number of amidine groups is 1. The molecular formula is C21H23N3O4S. The number of aliphatic imine (C=N–C) groups is 1. The summed E-state index contributed by atoms with van der Waals surface area (Å²) >= 11 is 1.43. The molecule has 4 rings (SSSR count). The molecule has 1 aliphatic carbocycles. The Balaban J connectivity index is 1.49. The molecule has 152 valence electrons. The van der Waals surface area contributed by atoms with Gasteiger partial charge in [-0.2, -0.15) is 0 Å². The normalized spacial score (nSPS) is 28.2. The molecular weight excluding hydrogens is 390 g/mol. The number of hydrogen-bond donors (Lipinski definition) is 4. The summed E-state index contributed by atoms with van der Waals surface area (Å²) in [5.41, 5.74) is 1.53. The lowest BCUT2D eigenvalue weighted by Gasteiger charge is -2.37.